The van der Waals surface area contributed by atoms with E-state index in [-0.39, 0.29) is 33.2 Å². The molecule has 0 aliphatic heterocycles. The van der Waals surface area contributed by atoms with E-state index in [1.807, 2.05) is 60.7 Å². The highest BCUT2D eigenvalue weighted by Gasteiger charge is 2.33. The van der Waals surface area contributed by atoms with Crippen molar-refractivity contribution in [3.8, 4) is 45.9 Å². The molecule has 0 aliphatic carbocycles. The summed E-state index contributed by atoms with van der Waals surface area (Å²) in [6.45, 7) is 0. The van der Waals surface area contributed by atoms with Gasteiger partial charge in [-0.25, -0.2) is 15.0 Å². The van der Waals surface area contributed by atoms with E-state index < -0.39 is 23.5 Å². The number of nitriles is 1. The Kier molecular flexibility index (Phi) is 7.01. The minimum Gasteiger partial charge on any atom is -0.309 e. The highest BCUT2D eigenvalue weighted by molar-refractivity contribution is 6.10. The monoisotopic (exact) mass is 635 g/mol. The first kappa shape index (κ1) is 29.7. The van der Waals surface area contributed by atoms with E-state index in [0.717, 1.165) is 24.3 Å². The molecule has 0 aliphatic rings. The molecule has 0 N–H and O–H groups in total. The smallest absolute Gasteiger partial charge is 0.309 e. The summed E-state index contributed by atoms with van der Waals surface area (Å²) < 4.78 is 83.8. The predicted molar refractivity (Wildman–Crippen MR) is 165 cm³/mol. The molecule has 0 fully saturated rings. The molecular weight excluding hydrogens is 616 g/mol. The van der Waals surface area contributed by atoms with Gasteiger partial charge < -0.3 is 4.57 Å². The normalized spacial score (nSPS) is 12.0. The lowest BCUT2D eigenvalue weighted by Crippen LogP contribution is -2.04. The van der Waals surface area contributed by atoms with Crippen LogP contribution in [0.5, 0.6) is 0 Å². The Hall–Kier alpha value is -6.02. The van der Waals surface area contributed by atoms with E-state index in [1.54, 1.807) is 16.7 Å². The van der Waals surface area contributed by atoms with Gasteiger partial charge >= 0.3 is 12.4 Å². The number of halogens is 6. The van der Waals surface area contributed by atoms with Crippen LogP contribution in [0.25, 0.3) is 61.7 Å². The summed E-state index contributed by atoms with van der Waals surface area (Å²) in [7, 11) is 0. The molecule has 0 bridgehead atoms. The van der Waals surface area contributed by atoms with E-state index >= 15 is 0 Å². The van der Waals surface area contributed by atoms with Crippen molar-refractivity contribution in [2.24, 2.45) is 0 Å². The highest BCUT2D eigenvalue weighted by atomic mass is 19.4. The lowest BCUT2D eigenvalue weighted by molar-refractivity contribution is -0.138. The van der Waals surface area contributed by atoms with Crippen molar-refractivity contribution in [3.63, 3.8) is 0 Å². The molecule has 11 heteroatoms. The average molecular weight is 636 g/mol. The molecule has 47 heavy (non-hydrogen) atoms. The van der Waals surface area contributed by atoms with Gasteiger partial charge in [-0.15, -0.1) is 0 Å². The summed E-state index contributed by atoms with van der Waals surface area (Å²) in [4.78, 5) is 14.1. The Labute approximate surface area is 263 Å². The molecule has 5 aromatic carbocycles. The molecule has 0 saturated heterocycles. The fourth-order valence-electron chi connectivity index (χ4n) is 5.54. The summed E-state index contributed by atoms with van der Waals surface area (Å²) in [5.41, 5.74) is 0.789. The predicted octanol–water partition coefficient (Wildman–Crippen LogP) is 9.88. The Morgan fingerprint density at radius 1 is 0.532 bits per heavy atom. The van der Waals surface area contributed by atoms with Gasteiger partial charge in [-0.2, -0.15) is 31.6 Å². The van der Waals surface area contributed by atoms with Crippen LogP contribution >= 0.6 is 0 Å². The first-order valence-corrected chi connectivity index (χ1v) is 14.2. The van der Waals surface area contributed by atoms with Gasteiger partial charge in [-0.1, -0.05) is 60.7 Å². The van der Waals surface area contributed by atoms with Crippen molar-refractivity contribution in [1.82, 2.24) is 19.5 Å². The molecule has 230 valence electrons. The Balaban J connectivity index is 1.49. The van der Waals surface area contributed by atoms with Crippen LogP contribution in [0.15, 0.2) is 115 Å². The van der Waals surface area contributed by atoms with Crippen LogP contribution in [-0.4, -0.2) is 19.5 Å². The fourth-order valence-corrected chi connectivity index (χ4v) is 5.54. The molecule has 0 atom stereocenters. The molecular formula is C36H19F6N5. The first-order chi connectivity index (χ1) is 22.5. The van der Waals surface area contributed by atoms with Crippen LogP contribution < -0.4 is 0 Å². The molecule has 0 saturated carbocycles. The van der Waals surface area contributed by atoms with Gasteiger partial charge in [0.15, 0.2) is 17.5 Å². The van der Waals surface area contributed by atoms with Gasteiger partial charge in [0.2, 0.25) is 0 Å². The number of aromatic nitrogens is 4. The molecule has 5 nitrogen and oxygen atoms in total. The molecule has 7 rings (SSSR count). The number of alkyl halides is 6. The van der Waals surface area contributed by atoms with E-state index in [9.17, 15) is 31.6 Å². The molecule has 7 aromatic rings. The van der Waals surface area contributed by atoms with Crippen LogP contribution in [0.4, 0.5) is 26.3 Å². The number of benzene rings is 5. The van der Waals surface area contributed by atoms with Gasteiger partial charge in [-0.3, -0.25) is 0 Å². The van der Waals surface area contributed by atoms with Crippen LogP contribution in [0.1, 0.15) is 16.7 Å². The maximum atomic E-state index is 13.7. The van der Waals surface area contributed by atoms with Gasteiger partial charge in [-0.05, 0) is 54.6 Å². The summed E-state index contributed by atoms with van der Waals surface area (Å²) in [6, 6.07) is 31.1. The third-order valence-corrected chi connectivity index (χ3v) is 7.74. The quantitative estimate of drug-likeness (QED) is 0.181. The second-order valence-electron chi connectivity index (χ2n) is 10.7. The largest absolute Gasteiger partial charge is 0.416 e. The minimum atomic E-state index is -4.71. The molecule has 0 spiro atoms. The fraction of sp³-hybridized carbons (Fsp3) is 0.0556. The first-order valence-electron chi connectivity index (χ1n) is 14.2. The topological polar surface area (TPSA) is 67.4 Å². The van der Waals surface area contributed by atoms with Crippen LogP contribution in [0.2, 0.25) is 0 Å². The lowest BCUT2D eigenvalue weighted by Gasteiger charge is -2.13. The van der Waals surface area contributed by atoms with Crippen molar-refractivity contribution in [2.75, 3.05) is 0 Å². The van der Waals surface area contributed by atoms with Crippen molar-refractivity contribution >= 4 is 21.8 Å². The van der Waals surface area contributed by atoms with Crippen molar-refractivity contribution in [3.05, 3.63) is 132 Å². The van der Waals surface area contributed by atoms with E-state index in [2.05, 4.69) is 11.1 Å². The number of nitrogens with zero attached hydrogens (tertiary/aromatic N) is 5. The second-order valence-corrected chi connectivity index (χ2v) is 10.7. The van der Waals surface area contributed by atoms with Gasteiger partial charge in [0, 0.05) is 33.2 Å². The third kappa shape index (κ3) is 5.44. The summed E-state index contributed by atoms with van der Waals surface area (Å²) in [5, 5.41) is 10.1. The Morgan fingerprint density at radius 3 is 1.45 bits per heavy atom. The van der Waals surface area contributed by atoms with Crippen LogP contribution in [-0.2, 0) is 12.4 Å². The van der Waals surface area contributed by atoms with Crippen LogP contribution in [0, 0.1) is 11.3 Å². The molecule has 2 aromatic heterocycles. The summed E-state index contributed by atoms with van der Waals surface area (Å²) >= 11 is 0. The number of fused-ring (bicyclic) bond motifs is 3. The number of hydrogen-bond acceptors (Lipinski definition) is 4. The Bertz CT molecular complexity index is 2210. The van der Waals surface area contributed by atoms with Gasteiger partial charge in [0.1, 0.15) is 0 Å². The average Bonchev–Trinajstić information content (AvgIpc) is 3.41. The molecule has 0 amide bonds. The molecule has 2 heterocycles. The zero-order valence-corrected chi connectivity index (χ0v) is 24.0. The zero-order valence-electron chi connectivity index (χ0n) is 24.0. The van der Waals surface area contributed by atoms with Crippen molar-refractivity contribution in [2.45, 2.75) is 12.4 Å². The van der Waals surface area contributed by atoms with E-state index in [1.165, 1.54) is 18.2 Å². The van der Waals surface area contributed by atoms with Crippen molar-refractivity contribution < 1.29 is 26.3 Å². The van der Waals surface area contributed by atoms with Gasteiger partial charge in [0.05, 0.1) is 33.8 Å². The van der Waals surface area contributed by atoms with Crippen LogP contribution in [0.3, 0.4) is 0 Å². The standard InChI is InChI=1S/C36H19F6N5/c37-35(38,39)24-12-15-30-28(17-24)29-18-25(36(40,41)42)13-16-31(29)47(30)26-14-11-23(20-43)27(19-26)34-45-32(21-7-3-1-4-8-21)44-33(46-34)22-9-5-2-6-10-22/h1-19H. The van der Waals surface area contributed by atoms with Gasteiger partial charge in [0.25, 0.3) is 0 Å². The number of rotatable bonds is 4. The maximum absolute atomic E-state index is 13.7. The molecule has 0 radical (unpaired) electrons. The van der Waals surface area contributed by atoms with E-state index in [0.29, 0.717) is 34.0 Å². The Morgan fingerprint density at radius 2 is 1.00 bits per heavy atom. The van der Waals surface area contributed by atoms with E-state index in [4.69, 9.17) is 9.97 Å². The summed E-state index contributed by atoms with van der Waals surface area (Å²) in [6.07, 6.45) is -9.42. The summed E-state index contributed by atoms with van der Waals surface area (Å²) in [5.74, 6) is 0.857. The third-order valence-electron chi connectivity index (χ3n) is 7.74. The molecule has 0 unspecified atom stereocenters. The SMILES string of the molecule is N#Cc1ccc(-n2c3ccc(C(F)(F)F)cc3c3cc(C(F)(F)F)ccc32)cc1-c1nc(-c2ccccc2)nc(-c2ccccc2)n1. The number of hydrogen-bond donors (Lipinski definition) is 0. The highest BCUT2D eigenvalue weighted by Crippen LogP contribution is 2.40. The second kappa shape index (κ2) is 11.1. The van der Waals surface area contributed by atoms with Crippen molar-refractivity contribution in [1.29, 1.82) is 5.26 Å². The minimum absolute atomic E-state index is 0.00952. The zero-order chi connectivity index (χ0) is 32.9. The maximum Gasteiger partial charge on any atom is 0.416 e. The lowest BCUT2D eigenvalue weighted by atomic mass is 10.1.